The summed E-state index contributed by atoms with van der Waals surface area (Å²) in [4.78, 5) is 14.0. The molecule has 2 aliphatic rings. The smallest absolute Gasteiger partial charge is 0.243 e. The molecule has 166 valence electrons. The van der Waals surface area contributed by atoms with Crippen molar-refractivity contribution >= 4 is 33.0 Å². The first-order valence-corrected chi connectivity index (χ1v) is 12.6. The molecule has 0 aliphatic carbocycles. The summed E-state index contributed by atoms with van der Waals surface area (Å²) in [6.07, 6.45) is 0.860. The van der Waals surface area contributed by atoms with Gasteiger partial charge in [0.1, 0.15) is 13.2 Å². The number of anilines is 1. The molecule has 32 heavy (non-hydrogen) atoms. The van der Waals surface area contributed by atoms with Crippen LogP contribution < -0.4 is 14.8 Å². The van der Waals surface area contributed by atoms with Gasteiger partial charge in [-0.1, -0.05) is 12.1 Å². The molecule has 2 aromatic carbocycles. The highest BCUT2D eigenvalue weighted by molar-refractivity contribution is 7.89. The van der Waals surface area contributed by atoms with E-state index >= 15 is 0 Å². The van der Waals surface area contributed by atoms with E-state index < -0.39 is 10.0 Å². The highest BCUT2D eigenvalue weighted by Crippen LogP contribution is 2.31. The zero-order valence-corrected chi connectivity index (χ0v) is 18.9. The summed E-state index contributed by atoms with van der Waals surface area (Å²) in [7, 11) is -3.65. The summed E-state index contributed by atoms with van der Waals surface area (Å²) in [6, 6.07) is 13.8. The second kappa shape index (κ2) is 8.57. The third kappa shape index (κ3) is 4.23. The number of fused-ring (bicyclic) bond motifs is 2. The molecule has 0 fully saturated rings. The Kier molecular flexibility index (Phi) is 5.62. The Balaban J connectivity index is 1.28. The zero-order valence-electron chi connectivity index (χ0n) is 17.2. The minimum atomic E-state index is -3.65. The van der Waals surface area contributed by atoms with E-state index in [9.17, 15) is 13.2 Å². The third-order valence-electron chi connectivity index (χ3n) is 5.50. The molecular weight excluding hydrogens is 448 g/mol. The van der Waals surface area contributed by atoms with Crippen LogP contribution in [-0.2, 0) is 34.2 Å². The third-order valence-corrected chi connectivity index (χ3v) is 8.36. The predicted octanol–water partition coefficient (Wildman–Crippen LogP) is 3.45. The normalized spacial score (nSPS) is 15.8. The largest absolute Gasteiger partial charge is 0.486 e. The Bertz CT molecular complexity index is 1270. The maximum Gasteiger partial charge on any atom is 0.243 e. The van der Waals surface area contributed by atoms with Gasteiger partial charge in [-0.05, 0) is 59.3 Å². The zero-order chi connectivity index (χ0) is 22.1. The first-order valence-electron chi connectivity index (χ1n) is 10.3. The molecule has 0 unspecified atom stereocenters. The number of thiophene rings is 1. The van der Waals surface area contributed by atoms with Crippen molar-refractivity contribution in [3.63, 3.8) is 0 Å². The molecule has 3 heterocycles. The topological polar surface area (TPSA) is 84.9 Å². The lowest BCUT2D eigenvalue weighted by Crippen LogP contribution is -2.35. The average Bonchev–Trinajstić information content (AvgIpc) is 3.27. The molecule has 0 atom stereocenters. The van der Waals surface area contributed by atoms with E-state index in [1.165, 1.54) is 15.2 Å². The number of benzene rings is 2. The number of carbonyl (C=O) groups is 1. The summed E-state index contributed by atoms with van der Waals surface area (Å²) in [5, 5.41) is 4.80. The molecule has 0 saturated heterocycles. The molecule has 2 aliphatic heterocycles. The van der Waals surface area contributed by atoms with E-state index in [0.717, 1.165) is 17.5 Å². The summed E-state index contributed by atoms with van der Waals surface area (Å²) in [5.41, 5.74) is 2.30. The SMILES string of the molecule is O=C(Cc1ccc2c(c1)OCCO2)Nc1cccc(S(=O)(=O)N2CCc3sccc3C2)c1. The van der Waals surface area contributed by atoms with E-state index in [4.69, 9.17) is 9.47 Å². The van der Waals surface area contributed by atoms with Crippen LogP contribution in [0.5, 0.6) is 11.5 Å². The first-order chi connectivity index (χ1) is 15.5. The number of nitrogens with one attached hydrogen (secondary N) is 1. The maximum absolute atomic E-state index is 13.2. The van der Waals surface area contributed by atoms with Crippen LogP contribution in [0.4, 0.5) is 5.69 Å². The van der Waals surface area contributed by atoms with Crippen molar-refractivity contribution in [1.82, 2.24) is 4.31 Å². The fourth-order valence-electron chi connectivity index (χ4n) is 3.90. The van der Waals surface area contributed by atoms with Crippen LogP contribution in [0, 0.1) is 0 Å². The van der Waals surface area contributed by atoms with Gasteiger partial charge in [-0.15, -0.1) is 11.3 Å². The molecule has 0 spiro atoms. The average molecular weight is 471 g/mol. The van der Waals surface area contributed by atoms with Gasteiger partial charge >= 0.3 is 0 Å². The number of ether oxygens (including phenoxy) is 2. The number of rotatable bonds is 5. The lowest BCUT2D eigenvalue weighted by atomic mass is 10.1. The fraction of sp³-hybridized carbons (Fsp3) is 0.261. The quantitative estimate of drug-likeness (QED) is 0.618. The van der Waals surface area contributed by atoms with Crippen molar-refractivity contribution in [2.45, 2.75) is 24.3 Å². The van der Waals surface area contributed by atoms with Crippen molar-refractivity contribution < 1.29 is 22.7 Å². The number of sulfonamides is 1. The Labute approximate surface area is 190 Å². The predicted molar refractivity (Wildman–Crippen MR) is 122 cm³/mol. The van der Waals surface area contributed by atoms with Gasteiger partial charge in [-0.2, -0.15) is 4.31 Å². The molecule has 1 aromatic heterocycles. The molecular formula is C23H22N2O5S2. The lowest BCUT2D eigenvalue weighted by molar-refractivity contribution is -0.115. The number of carbonyl (C=O) groups excluding carboxylic acids is 1. The van der Waals surface area contributed by atoms with Gasteiger partial charge in [0, 0.05) is 23.7 Å². The van der Waals surface area contributed by atoms with E-state index in [1.807, 2.05) is 17.5 Å². The standard InChI is InChI=1S/C23H22N2O5S2/c26-23(13-16-4-5-20-21(12-16)30-10-9-29-20)24-18-2-1-3-19(14-18)32(27,28)25-8-6-22-17(15-25)7-11-31-22/h1-5,7,11-12,14H,6,8-10,13,15H2,(H,24,26). The summed E-state index contributed by atoms with van der Waals surface area (Å²) >= 11 is 1.67. The molecule has 0 saturated carbocycles. The lowest BCUT2D eigenvalue weighted by Gasteiger charge is -2.26. The first kappa shape index (κ1) is 21.0. The van der Waals surface area contributed by atoms with Gasteiger partial charge in [-0.25, -0.2) is 8.42 Å². The molecule has 5 rings (SSSR count). The van der Waals surface area contributed by atoms with Gasteiger partial charge in [0.15, 0.2) is 11.5 Å². The second-order valence-corrected chi connectivity index (χ2v) is 10.6. The summed E-state index contributed by atoms with van der Waals surface area (Å²) < 4.78 is 38.9. The number of hydrogen-bond donors (Lipinski definition) is 1. The van der Waals surface area contributed by atoms with Crippen LogP contribution in [-0.4, -0.2) is 38.4 Å². The fourth-order valence-corrected chi connectivity index (χ4v) is 6.25. The van der Waals surface area contributed by atoms with E-state index in [2.05, 4.69) is 5.32 Å². The van der Waals surface area contributed by atoms with E-state index in [-0.39, 0.29) is 17.2 Å². The monoisotopic (exact) mass is 470 g/mol. The molecule has 0 radical (unpaired) electrons. The summed E-state index contributed by atoms with van der Waals surface area (Å²) in [6.45, 7) is 1.82. The minimum Gasteiger partial charge on any atom is -0.486 e. The van der Waals surface area contributed by atoms with Crippen LogP contribution in [0.15, 0.2) is 58.8 Å². The van der Waals surface area contributed by atoms with Gasteiger partial charge < -0.3 is 14.8 Å². The molecule has 0 bridgehead atoms. The van der Waals surface area contributed by atoms with Crippen LogP contribution in [0.1, 0.15) is 16.0 Å². The highest BCUT2D eigenvalue weighted by Gasteiger charge is 2.29. The van der Waals surface area contributed by atoms with Crippen LogP contribution in [0.25, 0.3) is 0 Å². The molecule has 1 N–H and O–H groups in total. The minimum absolute atomic E-state index is 0.140. The van der Waals surface area contributed by atoms with Crippen LogP contribution in [0.2, 0.25) is 0 Å². The van der Waals surface area contributed by atoms with Gasteiger partial charge in [0.05, 0.1) is 11.3 Å². The highest BCUT2D eigenvalue weighted by atomic mass is 32.2. The summed E-state index contributed by atoms with van der Waals surface area (Å²) in [5.74, 6) is 1.06. The Morgan fingerprint density at radius 1 is 1.06 bits per heavy atom. The van der Waals surface area contributed by atoms with Crippen LogP contribution in [0.3, 0.4) is 0 Å². The van der Waals surface area contributed by atoms with Gasteiger partial charge in [0.2, 0.25) is 15.9 Å². The second-order valence-electron chi connectivity index (χ2n) is 7.69. The molecule has 7 nitrogen and oxygen atoms in total. The molecule has 9 heteroatoms. The molecule has 3 aromatic rings. The van der Waals surface area contributed by atoms with Gasteiger partial charge in [0.25, 0.3) is 0 Å². The van der Waals surface area contributed by atoms with Crippen molar-refractivity contribution in [2.75, 3.05) is 25.1 Å². The Morgan fingerprint density at radius 3 is 2.78 bits per heavy atom. The number of hydrogen-bond acceptors (Lipinski definition) is 6. The Hall–Kier alpha value is -2.88. The van der Waals surface area contributed by atoms with E-state index in [0.29, 0.717) is 43.5 Å². The van der Waals surface area contributed by atoms with Crippen LogP contribution >= 0.6 is 11.3 Å². The van der Waals surface area contributed by atoms with Crippen molar-refractivity contribution in [2.24, 2.45) is 0 Å². The van der Waals surface area contributed by atoms with Crippen molar-refractivity contribution in [3.05, 3.63) is 69.9 Å². The number of amides is 1. The maximum atomic E-state index is 13.2. The number of nitrogens with zero attached hydrogens (tertiary/aromatic N) is 1. The molecule has 1 amide bonds. The van der Waals surface area contributed by atoms with Crippen molar-refractivity contribution in [1.29, 1.82) is 0 Å². The van der Waals surface area contributed by atoms with Crippen molar-refractivity contribution in [3.8, 4) is 11.5 Å². The van der Waals surface area contributed by atoms with E-state index in [1.54, 1.807) is 41.7 Å². The Morgan fingerprint density at radius 2 is 1.91 bits per heavy atom. The van der Waals surface area contributed by atoms with Gasteiger partial charge in [-0.3, -0.25) is 4.79 Å².